The van der Waals surface area contributed by atoms with E-state index in [-0.39, 0.29) is 57.4 Å². The van der Waals surface area contributed by atoms with Gasteiger partial charge in [0.1, 0.15) is 41.2 Å². The summed E-state index contributed by atoms with van der Waals surface area (Å²) < 4.78 is 49.1. The molecule has 0 unspecified atom stereocenters. The molecule has 0 bridgehead atoms. The zero-order chi connectivity index (χ0) is 52.0. The molecule has 2 saturated heterocycles. The molecule has 5 atom stereocenters. The minimum Gasteiger partial charge on any atom is -0.379 e. The van der Waals surface area contributed by atoms with Gasteiger partial charge in [0, 0.05) is 50.2 Å². The van der Waals surface area contributed by atoms with Crippen LogP contribution in [-0.4, -0.2) is 151 Å². The molecule has 0 aromatic heterocycles. The van der Waals surface area contributed by atoms with Crippen molar-refractivity contribution < 1.29 is 51.5 Å². The van der Waals surface area contributed by atoms with Crippen molar-refractivity contribution >= 4 is 64.6 Å². The molecule has 21 heteroatoms. The number of rotatable bonds is 16. The Kier molecular flexibility index (Phi) is 22.1. The molecule has 5 N–H and O–H groups in total. The predicted octanol–water partition coefficient (Wildman–Crippen LogP) is 5.31. The van der Waals surface area contributed by atoms with Crippen molar-refractivity contribution in [2.45, 2.75) is 166 Å². The topological polar surface area (TPSA) is 199 Å². The fourth-order valence-electron chi connectivity index (χ4n) is 9.39. The Labute approximate surface area is 420 Å². The normalized spacial score (nSPS) is 23.1. The fourth-order valence-corrected chi connectivity index (χ4v) is 9.78. The standard InChI is InChI=1S/C49H75Cl2F3N8O8/c1-8-35(58-46(69)48(49(52,53)54)20-12-9-13-21-48)40(63)56-36(16-11-15-23-62-24-26-70-27-25-62)43(66)60(6)38-17-10-14-22-55-45(68)47(4,5)59-42(65)39(30-32-29-33(50)18-19-34(32)51)61(7)44(67)37(28-31(2)3)57-41(38)64/h18-19,29,31,35-39H,8-17,20-28,30H2,1-7H3,(H,55,68)(H,56,63)(H,57,64)(H,58,69)(H,59,65)/t35-,36-,37-,38-,39-/m0/s1. The number of halogens is 5. The van der Waals surface area contributed by atoms with Crippen LogP contribution < -0.4 is 26.6 Å². The first-order chi connectivity index (χ1) is 32.9. The van der Waals surface area contributed by atoms with Gasteiger partial charge in [0.05, 0.1) is 13.2 Å². The number of ether oxygens (including phenoxy) is 1. The summed E-state index contributed by atoms with van der Waals surface area (Å²) in [4.78, 5) is 104. The van der Waals surface area contributed by atoms with Crippen LogP contribution in [0.15, 0.2) is 18.2 Å². The molecule has 394 valence electrons. The van der Waals surface area contributed by atoms with Gasteiger partial charge in [-0.1, -0.05) is 63.2 Å². The maximum Gasteiger partial charge on any atom is 0.403 e. The number of morpholine rings is 1. The van der Waals surface area contributed by atoms with Gasteiger partial charge in [0.25, 0.3) is 0 Å². The molecule has 70 heavy (non-hydrogen) atoms. The lowest BCUT2D eigenvalue weighted by Gasteiger charge is -2.38. The van der Waals surface area contributed by atoms with E-state index in [4.69, 9.17) is 27.9 Å². The minimum atomic E-state index is -4.84. The van der Waals surface area contributed by atoms with Gasteiger partial charge in [-0.2, -0.15) is 13.2 Å². The second kappa shape index (κ2) is 26.5. The molecule has 1 aliphatic carbocycles. The number of nitrogens with zero attached hydrogens (tertiary/aromatic N) is 3. The molecule has 3 fully saturated rings. The average Bonchev–Trinajstić information content (AvgIpc) is 3.31. The molecule has 7 amide bonds. The number of carbonyl (C=O) groups is 7. The highest BCUT2D eigenvalue weighted by atomic mass is 35.5. The van der Waals surface area contributed by atoms with E-state index < -0.39 is 102 Å². The van der Waals surface area contributed by atoms with Crippen LogP contribution in [0, 0.1) is 11.3 Å². The van der Waals surface area contributed by atoms with Gasteiger partial charge in [0.15, 0.2) is 0 Å². The Balaban J connectivity index is 1.67. The summed E-state index contributed by atoms with van der Waals surface area (Å²) in [6.07, 6.45) is -2.73. The number of nitrogens with one attached hydrogen (secondary N) is 5. The van der Waals surface area contributed by atoms with Gasteiger partial charge in [-0.25, -0.2) is 0 Å². The monoisotopic (exact) mass is 1030 g/mol. The van der Waals surface area contributed by atoms with Crippen molar-refractivity contribution in [2.24, 2.45) is 11.3 Å². The van der Waals surface area contributed by atoms with Crippen LogP contribution in [0.25, 0.3) is 0 Å². The molecule has 2 heterocycles. The van der Waals surface area contributed by atoms with E-state index in [0.29, 0.717) is 67.5 Å². The Morgan fingerprint density at radius 1 is 0.943 bits per heavy atom. The van der Waals surface area contributed by atoms with Crippen molar-refractivity contribution in [2.75, 3.05) is 53.5 Å². The van der Waals surface area contributed by atoms with Gasteiger partial charge in [-0.3, -0.25) is 38.5 Å². The number of benzene rings is 1. The molecule has 16 nitrogen and oxygen atoms in total. The van der Waals surface area contributed by atoms with Crippen molar-refractivity contribution in [3.8, 4) is 0 Å². The summed E-state index contributed by atoms with van der Waals surface area (Å²) >= 11 is 12.9. The predicted molar refractivity (Wildman–Crippen MR) is 261 cm³/mol. The van der Waals surface area contributed by atoms with E-state index >= 15 is 0 Å². The summed E-state index contributed by atoms with van der Waals surface area (Å²) in [5.41, 5.74) is -3.60. The zero-order valence-electron chi connectivity index (χ0n) is 41.8. The third-order valence-corrected chi connectivity index (χ3v) is 14.4. The first-order valence-corrected chi connectivity index (χ1v) is 25.5. The SMILES string of the molecule is CC[C@H](NC(=O)C1(C(F)(F)F)CCCCC1)C(=O)N[C@@H](CCCCN1CCOCC1)C(=O)N(C)[C@H]1CCCCNC(=O)C(C)(C)NC(=O)[C@H](Cc2cc(Cl)ccc2Cl)N(C)C(=O)[C@H](CC(C)C)NC1=O. The van der Waals surface area contributed by atoms with Crippen LogP contribution in [0.1, 0.15) is 124 Å². The molecule has 1 aromatic rings. The van der Waals surface area contributed by atoms with Crippen molar-refractivity contribution in [3.63, 3.8) is 0 Å². The van der Waals surface area contributed by atoms with Crippen LogP contribution in [0.2, 0.25) is 10.0 Å². The number of unbranched alkanes of at least 4 members (excludes halogenated alkanes) is 1. The molecule has 4 rings (SSSR count). The van der Waals surface area contributed by atoms with Crippen LogP contribution in [0.4, 0.5) is 13.2 Å². The van der Waals surface area contributed by atoms with E-state index in [2.05, 4.69) is 31.5 Å². The molecule has 1 aromatic carbocycles. The van der Waals surface area contributed by atoms with Crippen molar-refractivity contribution in [3.05, 3.63) is 33.8 Å². The largest absolute Gasteiger partial charge is 0.403 e. The van der Waals surface area contributed by atoms with Crippen LogP contribution in [0.5, 0.6) is 0 Å². The van der Waals surface area contributed by atoms with Crippen LogP contribution in [-0.2, 0) is 44.7 Å². The van der Waals surface area contributed by atoms with E-state index in [9.17, 15) is 46.7 Å². The van der Waals surface area contributed by atoms with E-state index in [1.807, 2.05) is 13.8 Å². The summed E-state index contributed by atoms with van der Waals surface area (Å²) in [5.74, 6) is -5.38. The third kappa shape index (κ3) is 15.9. The first kappa shape index (κ1) is 58.4. The smallest absolute Gasteiger partial charge is 0.379 e. The van der Waals surface area contributed by atoms with Gasteiger partial charge < -0.3 is 41.1 Å². The Morgan fingerprint density at radius 3 is 2.24 bits per heavy atom. The molecule has 2 aliphatic heterocycles. The van der Waals surface area contributed by atoms with Crippen LogP contribution in [0.3, 0.4) is 0 Å². The minimum absolute atomic E-state index is 0.0631. The molecule has 0 radical (unpaired) electrons. The average molecular weight is 1030 g/mol. The van der Waals surface area contributed by atoms with Crippen molar-refractivity contribution in [1.82, 2.24) is 41.3 Å². The highest BCUT2D eigenvalue weighted by molar-refractivity contribution is 6.33. The maximum absolute atomic E-state index is 14.8. The first-order valence-electron chi connectivity index (χ1n) is 24.8. The fraction of sp³-hybridized carbons (Fsp3) is 0.735. The number of amides is 7. The maximum atomic E-state index is 14.8. The Morgan fingerprint density at radius 2 is 1.61 bits per heavy atom. The van der Waals surface area contributed by atoms with Gasteiger partial charge in [0.2, 0.25) is 41.4 Å². The molecule has 3 aliphatic rings. The van der Waals surface area contributed by atoms with E-state index in [0.717, 1.165) is 13.1 Å². The second-order valence-corrected chi connectivity index (χ2v) is 20.9. The highest BCUT2D eigenvalue weighted by Crippen LogP contribution is 2.49. The van der Waals surface area contributed by atoms with Crippen LogP contribution >= 0.6 is 23.2 Å². The lowest BCUT2D eigenvalue weighted by Crippen LogP contribution is -2.62. The molecule has 1 saturated carbocycles. The highest BCUT2D eigenvalue weighted by Gasteiger charge is 2.60. The summed E-state index contributed by atoms with van der Waals surface area (Å²) in [5, 5.41) is 14.3. The van der Waals surface area contributed by atoms with E-state index in [1.54, 1.807) is 25.1 Å². The Bertz CT molecular complexity index is 1980. The number of alkyl halides is 3. The van der Waals surface area contributed by atoms with E-state index in [1.165, 1.54) is 37.7 Å². The summed E-state index contributed by atoms with van der Waals surface area (Å²) in [6, 6.07) is -1.56. The summed E-state index contributed by atoms with van der Waals surface area (Å²) in [7, 11) is 2.84. The number of likely N-dealkylation sites (N-methyl/N-ethyl adjacent to an activating group) is 2. The van der Waals surface area contributed by atoms with Gasteiger partial charge in [-0.05, 0) is 114 Å². The lowest BCUT2D eigenvalue weighted by molar-refractivity contribution is -0.230. The van der Waals surface area contributed by atoms with Gasteiger partial charge >= 0.3 is 6.18 Å². The van der Waals surface area contributed by atoms with Gasteiger partial charge in [-0.15, -0.1) is 0 Å². The summed E-state index contributed by atoms with van der Waals surface area (Å²) in [6.45, 7) is 11.8. The quantitative estimate of drug-likeness (QED) is 0.136. The number of carbonyl (C=O) groups excluding carboxylic acids is 7. The second-order valence-electron chi connectivity index (χ2n) is 20.0. The zero-order valence-corrected chi connectivity index (χ0v) is 43.3. The third-order valence-electron chi connectivity index (χ3n) is 13.8. The molecular formula is C49H75Cl2F3N8O8. The number of hydrogen-bond acceptors (Lipinski definition) is 9. The molecule has 0 spiro atoms. The molecular weight excluding hydrogens is 956 g/mol. The lowest BCUT2D eigenvalue weighted by atomic mass is 9.72. The van der Waals surface area contributed by atoms with Crippen molar-refractivity contribution in [1.29, 1.82) is 0 Å². The Hall–Kier alpha value is -4.20. The number of hydrogen-bond donors (Lipinski definition) is 5.